The lowest BCUT2D eigenvalue weighted by atomic mass is 9.99. The SMILES string of the molecule is OCC1CCCN(c2cc(NCC3CN(C4CC4)CCO3)ncn2)C1. The highest BCUT2D eigenvalue weighted by Crippen LogP contribution is 2.28. The molecule has 4 rings (SSSR count). The molecule has 7 nitrogen and oxygen atoms in total. The third kappa shape index (κ3) is 4.40. The maximum absolute atomic E-state index is 9.41. The first-order valence-corrected chi connectivity index (χ1v) is 9.59. The molecule has 3 aliphatic rings. The van der Waals surface area contributed by atoms with Crippen molar-refractivity contribution in [1.82, 2.24) is 14.9 Å². The number of hydrogen-bond donors (Lipinski definition) is 2. The number of piperidine rings is 1. The average molecular weight is 347 g/mol. The molecule has 1 aromatic heterocycles. The van der Waals surface area contributed by atoms with Gasteiger partial charge in [0.25, 0.3) is 0 Å². The summed E-state index contributed by atoms with van der Waals surface area (Å²) in [6, 6.07) is 2.82. The number of aliphatic hydroxyl groups excluding tert-OH is 1. The number of morpholine rings is 1. The largest absolute Gasteiger partial charge is 0.396 e. The molecular weight excluding hydrogens is 318 g/mol. The molecule has 3 heterocycles. The van der Waals surface area contributed by atoms with Gasteiger partial charge in [-0.1, -0.05) is 0 Å². The molecule has 25 heavy (non-hydrogen) atoms. The molecule has 138 valence electrons. The first-order valence-electron chi connectivity index (χ1n) is 9.59. The minimum atomic E-state index is 0.224. The Morgan fingerprint density at radius 1 is 1.20 bits per heavy atom. The van der Waals surface area contributed by atoms with Gasteiger partial charge < -0.3 is 20.1 Å². The van der Waals surface area contributed by atoms with Gasteiger partial charge in [0.05, 0.1) is 12.7 Å². The highest BCUT2D eigenvalue weighted by molar-refractivity contribution is 5.48. The molecule has 2 atom stereocenters. The van der Waals surface area contributed by atoms with E-state index in [1.165, 1.54) is 12.8 Å². The van der Waals surface area contributed by atoms with Crippen molar-refractivity contribution in [3.05, 3.63) is 12.4 Å². The van der Waals surface area contributed by atoms with E-state index in [-0.39, 0.29) is 12.7 Å². The van der Waals surface area contributed by atoms with E-state index in [4.69, 9.17) is 4.74 Å². The van der Waals surface area contributed by atoms with Crippen molar-refractivity contribution in [3.63, 3.8) is 0 Å². The molecule has 1 aliphatic carbocycles. The van der Waals surface area contributed by atoms with Gasteiger partial charge in [-0.2, -0.15) is 0 Å². The number of ether oxygens (including phenoxy) is 1. The monoisotopic (exact) mass is 347 g/mol. The molecule has 1 saturated carbocycles. The molecule has 0 bridgehead atoms. The predicted octanol–water partition coefficient (Wildman–Crippen LogP) is 0.960. The highest BCUT2D eigenvalue weighted by atomic mass is 16.5. The molecule has 0 aromatic carbocycles. The molecule has 2 unspecified atom stereocenters. The van der Waals surface area contributed by atoms with Gasteiger partial charge in [-0.05, 0) is 31.6 Å². The lowest BCUT2D eigenvalue weighted by molar-refractivity contribution is -0.0241. The van der Waals surface area contributed by atoms with Crippen LogP contribution in [-0.2, 0) is 4.74 Å². The molecule has 7 heteroatoms. The first-order chi connectivity index (χ1) is 12.3. The van der Waals surface area contributed by atoms with Gasteiger partial charge in [-0.25, -0.2) is 9.97 Å². The third-order valence-electron chi connectivity index (χ3n) is 5.50. The minimum Gasteiger partial charge on any atom is -0.396 e. The fourth-order valence-corrected chi connectivity index (χ4v) is 3.89. The van der Waals surface area contributed by atoms with Gasteiger partial charge in [0, 0.05) is 51.4 Å². The van der Waals surface area contributed by atoms with Crippen LogP contribution in [0.4, 0.5) is 11.6 Å². The summed E-state index contributed by atoms with van der Waals surface area (Å²) in [4.78, 5) is 13.6. The summed E-state index contributed by atoms with van der Waals surface area (Å²) in [6.07, 6.45) is 6.74. The smallest absolute Gasteiger partial charge is 0.134 e. The van der Waals surface area contributed by atoms with E-state index in [2.05, 4.69) is 25.1 Å². The summed E-state index contributed by atoms with van der Waals surface area (Å²) >= 11 is 0. The molecule has 3 fully saturated rings. The zero-order valence-corrected chi connectivity index (χ0v) is 14.8. The maximum atomic E-state index is 9.41. The summed E-state index contributed by atoms with van der Waals surface area (Å²) in [7, 11) is 0. The fourth-order valence-electron chi connectivity index (χ4n) is 3.89. The van der Waals surface area contributed by atoms with E-state index in [1.807, 2.05) is 6.07 Å². The zero-order valence-electron chi connectivity index (χ0n) is 14.8. The summed E-state index contributed by atoms with van der Waals surface area (Å²) in [5, 5.41) is 12.8. The fraction of sp³-hybridized carbons (Fsp3) is 0.778. The van der Waals surface area contributed by atoms with Crippen LogP contribution in [0, 0.1) is 5.92 Å². The Bertz CT molecular complexity index is 568. The number of hydrogen-bond acceptors (Lipinski definition) is 7. The lowest BCUT2D eigenvalue weighted by Gasteiger charge is -2.33. The molecule has 1 aromatic rings. The van der Waals surface area contributed by atoms with E-state index >= 15 is 0 Å². The number of nitrogens with zero attached hydrogens (tertiary/aromatic N) is 4. The first kappa shape index (κ1) is 17.0. The van der Waals surface area contributed by atoms with Crippen LogP contribution in [0.3, 0.4) is 0 Å². The number of rotatable bonds is 6. The molecular formula is C18H29N5O2. The van der Waals surface area contributed by atoms with Crippen LogP contribution < -0.4 is 10.2 Å². The van der Waals surface area contributed by atoms with Crippen LogP contribution in [0.25, 0.3) is 0 Å². The quantitative estimate of drug-likeness (QED) is 0.794. The van der Waals surface area contributed by atoms with Crippen LogP contribution in [0.5, 0.6) is 0 Å². The maximum Gasteiger partial charge on any atom is 0.134 e. The second-order valence-electron chi connectivity index (χ2n) is 7.50. The molecule has 2 aliphatic heterocycles. The predicted molar refractivity (Wildman–Crippen MR) is 96.9 cm³/mol. The second-order valence-corrected chi connectivity index (χ2v) is 7.50. The van der Waals surface area contributed by atoms with Crippen LogP contribution in [0.2, 0.25) is 0 Å². The molecule has 0 spiro atoms. The second kappa shape index (κ2) is 7.85. The minimum absolute atomic E-state index is 0.224. The van der Waals surface area contributed by atoms with Crippen molar-refractivity contribution in [2.45, 2.75) is 37.8 Å². The highest BCUT2D eigenvalue weighted by Gasteiger charge is 2.32. The number of aliphatic hydroxyl groups is 1. The summed E-state index contributed by atoms with van der Waals surface area (Å²) in [5.74, 6) is 2.15. The van der Waals surface area contributed by atoms with Gasteiger partial charge in [0.2, 0.25) is 0 Å². The third-order valence-corrected chi connectivity index (χ3v) is 5.50. The average Bonchev–Trinajstić information content (AvgIpc) is 3.52. The van der Waals surface area contributed by atoms with Crippen molar-refractivity contribution < 1.29 is 9.84 Å². The topological polar surface area (TPSA) is 73.8 Å². The standard InChI is InChI=1S/C18H29N5O2/c24-12-14-2-1-5-23(10-14)18-8-17(20-13-21-18)19-9-16-11-22(6-7-25-16)15-3-4-15/h8,13-16,24H,1-7,9-12H2,(H,19,20,21). The normalized spacial score (nSPS) is 28.1. The van der Waals surface area contributed by atoms with E-state index in [0.29, 0.717) is 5.92 Å². The van der Waals surface area contributed by atoms with Crippen molar-refractivity contribution in [2.75, 3.05) is 56.2 Å². The number of aromatic nitrogens is 2. The summed E-state index contributed by atoms with van der Waals surface area (Å²) < 4.78 is 5.90. The van der Waals surface area contributed by atoms with Gasteiger partial charge in [-0.3, -0.25) is 4.90 Å². The number of anilines is 2. The van der Waals surface area contributed by atoms with Crippen molar-refractivity contribution in [2.24, 2.45) is 5.92 Å². The van der Waals surface area contributed by atoms with Gasteiger partial charge in [0.1, 0.15) is 18.0 Å². The van der Waals surface area contributed by atoms with E-state index in [9.17, 15) is 5.11 Å². The zero-order chi connectivity index (χ0) is 17.1. The van der Waals surface area contributed by atoms with E-state index in [1.54, 1.807) is 6.33 Å². The molecule has 0 amide bonds. The van der Waals surface area contributed by atoms with Crippen LogP contribution in [-0.4, -0.2) is 78.1 Å². The lowest BCUT2D eigenvalue weighted by Crippen LogP contribution is -2.46. The van der Waals surface area contributed by atoms with Crippen molar-refractivity contribution in [3.8, 4) is 0 Å². The van der Waals surface area contributed by atoms with E-state index < -0.39 is 0 Å². The summed E-state index contributed by atoms with van der Waals surface area (Å²) in [6.45, 7) is 5.81. The van der Waals surface area contributed by atoms with Gasteiger partial charge in [0.15, 0.2) is 0 Å². The number of nitrogens with one attached hydrogen (secondary N) is 1. The molecule has 0 radical (unpaired) electrons. The van der Waals surface area contributed by atoms with Gasteiger partial charge in [-0.15, -0.1) is 0 Å². The Morgan fingerprint density at radius 3 is 2.96 bits per heavy atom. The van der Waals surface area contributed by atoms with Crippen LogP contribution >= 0.6 is 0 Å². The van der Waals surface area contributed by atoms with Gasteiger partial charge >= 0.3 is 0 Å². The Balaban J connectivity index is 1.32. The van der Waals surface area contributed by atoms with Crippen LogP contribution in [0.1, 0.15) is 25.7 Å². The Morgan fingerprint density at radius 2 is 2.12 bits per heavy atom. The van der Waals surface area contributed by atoms with Crippen LogP contribution in [0.15, 0.2) is 12.4 Å². The Kier molecular flexibility index (Phi) is 5.33. The Hall–Kier alpha value is -1.44. The summed E-state index contributed by atoms with van der Waals surface area (Å²) in [5.41, 5.74) is 0. The molecule has 2 N–H and O–H groups in total. The van der Waals surface area contributed by atoms with Crippen molar-refractivity contribution in [1.29, 1.82) is 0 Å². The van der Waals surface area contributed by atoms with E-state index in [0.717, 1.165) is 69.8 Å². The molecule has 2 saturated heterocycles. The van der Waals surface area contributed by atoms with Crippen molar-refractivity contribution >= 4 is 11.6 Å². The Labute approximate surface area is 149 Å².